The SMILES string of the molecule is CNC(=O)c1ccc(S(=O)(=O)NC(=O)c2ccccc2)cc1. The van der Waals surface area contributed by atoms with E-state index in [1.165, 1.54) is 43.4 Å². The van der Waals surface area contributed by atoms with Crippen LogP contribution in [0.5, 0.6) is 0 Å². The summed E-state index contributed by atoms with van der Waals surface area (Å²) in [6.45, 7) is 0. The number of carbonyl (C=O) groups excluding carboxylic acids is 2. The average Bonchev–Trinajstić information content (AvgIpc) is 2.54. The Bertz CT molecular complexity index is 784. The first kappa shape index (κ1) is 15.7. The van der Waals surface area contributed by atoms with Gasteiger partial charge < -0.3 is 5.32 Å². The quantitative estimate of drug-likeness (QED) is 0.885. The second-order valence-electron chi connectivity index (χ2n) is 4.40. The molecule has 2 rings (SSSR count). The summed E-state index contributed by atoms with van der Waals surface area (Å²) in [6, 6.07) is 13.3. The van der Waals surface area contributed by atoms with Gasteiger partial charge in [0.2, 0.25) is 0 Å². The van der Waals surface area contributed by atoms with Crippen LogP contribution in [-0.4, -0.2) is 27.3 Å². The number of rotatable bonds is 4. The Labute approximate surface area is 128 Å². The van der Waals surface area contributed by atoms with Crippen LogP contribution in [-0.2, 0) is 10.0 Å². The van der Waals surface area contributed by atoms with Crippen LogP contribution in [0.25, 0.3) is 0 Å². The lowest BCUT2D eigenvalue weighted by atomic mass is 10.2. The van der Waals surface area contributed by atoms with E-state index in [0.29, 0.717) is 5.56 Å². The summed E-state index contributed by atoms with van der Waals surface area (Å²) in [4.78, 5) is 23.2. The number of sulfonamides is 1. The molecule has 0 saturated heterocycles. The van der Waals surface area contributed by atoms with Crippen molar-refractivity contribution >= 4 is 21.8 Å². The highest BCUT2D eigenvalue weighted by Crippen LogP contribution is 2.11. The predicted octanol–water partition coefficient (Wildman–Crippen LogP) is 1.16. The van der Waals surface area contributed by atoms with Crippen LogP contribution in [0.4, 0.5) is 0 Å². The maximum Gasteiger partial charge on any atom is 0.264 e. The van der Waals surface area contributed by atoms with Crippen molar-refractivity contribution < 1.29 is 18.0 Å². The molecule has 2 N–H and O–H groups in total. The largest absolute Gasteiger partial charge is 0.355 e. The third-order valence-electron chi connectivity index (χ3n) is 2.92. The highest BCUT2D eigenvalue weighted by atomic mass is 32.2. The molecule has 0 bridgehead atoms. The molecule has 0 spiro atoms. The topological polar surface area (TPSA) is 92.3 Å². The average molecular weight is 318 g/mol. The summed E-state index contributed by atoms with van der Waals surface area (Å²) < 4.78 is 26.3. The van der Waals surface area contributed by atoms with E-state index < -0.39 is 15.9 Å². The monoisotopic (exact) mass is 318 g/mol. The van der Waals surface area contributed by atoms with E-state index in [2.05, 4.69) is 5.32 Å². The molecule has 0 atom stereocenters. The van der Waals surface area contributed by atoms with Crippen molar-refractivity contribution in [3.63, 3.8) is 0 Å². The van der Waals surface area contributed by atoms with E-state index >= 15 is 0 Å². The maximum atomic E-state index is 12.1. The zero-order valence-corrected chi connectivity index (χ0v) is 12.6. The van der Waals surface area contributed by atoms with Gasteiger partial charge in [-0.3, -0.25) is 9.59 Å². The van der Waals surface area contributed by atoms with E-state index in [0.717, 1.165) is 0 Å². The highest BCUT2D eigenvalue weighted by Gasteiger charge is 2.18. The highest BCUT2D eigenvalue weighted by molar-refractivity contribution is 7.90. The third kappa shape index (κ3) is 3.50. The summed E-state index contributed by atoms with van der Waals surface area (Å²) in [7, 11) is -2.51. The Morgan fingerprint density at radius 3 is 1.91 bits per heavy atom. The van der Waals surface area contributed by atoms with Crippen LogP contribution in [0.3, 0.4) is 0 Å². The molecule has 2 aromatic carbocycles. The molecule has 0 aliphatic rings. The van der Waals surface area contributed by atoms with Gasteiger partial charge in [0.25, 0.3) is 21.8 Å². The maximum absolute atomic E-state index is 12.1. The first-order valence-electron chi connectivity index (χ1n) is 6.38. The molecule has 0 fully saturated rings. The second kappa shape index (κ2) is 6.40. The van der Waals surface area contributed by atoms with E-state index in [-0.39, 0.29) is 16.4 Å². The minimum atomic E-state index is -3.99. The minimum absolute atomic E-state index is 0.0931. The number of nitrogens with one attached hydrogen (secondary N) is 2. The van der Waals surface area contributed by atoms with Crippen molar-refractivity contribution in [1.29, 1.82) is 0 Å². The van der Waals surface area contributed by atoms with Crippen LogP contribution < -0.4 is 10.0 Å². The van der Waals surface area contributed by atoms with Gasteiger partial charge in [0.1, 0.15) is 0 Å². The van der Waals surface area contributed by atoms with Gasteiger partial charge in [-0.15, -0.1) is 0 Å². The summed E-state index contributed by atoms with van der Waals surface area (Å²) >= 11 is 0. The Morgan fingerprint density at radius 1 is 0.818 bits per heavy atom. The van der Waals surface area contributed by atoms with E-state index in [9.17, 15) is 18.0 Å². The number of benzene rings is 2. The summed E-state index contributed by atoms with van der Waals surface area (Å²) in [5, 5.41) is 2.44. The lowest BCUT2D eigenvalue weighted by Gasteiger charge is -2.07. The van der Waals surface area contributed by atoms with Crippen LogP contribution in [0.2, 0.25) is 0 Å². The van der Waals surface area contributed by atoms with E-state index in [1.807, 2.05) is 4.72 Å². The molecule has 0 unspecified atom stereocenters. The lowest BCUT2D eigenvalue weighted by Crippen LogP contribution is -2.30. The van der Waals surface area contributed by atoms with Gasteiger partial charge in [-0.05, 0) is 36.4 Å². The van der Waals surface area contributed by atoms with Crippen molar-refractivity contribution in [3.8, 4) is 0 Å². The van der Waals surface area contributed by atoms with Gasteiger partial charge in [0, 0.05) is 18.2 Å². The van der Waals surface area contributed by atoms with Crippen LogP contribution in [0.15, 0.2) is 59.5 Å². The summed E-state index contributed by atoms with van der Waals surface area (Å²) in [6.07, 6.45) is 0. The van der Waals surface area contributed by atoms with Gasteiger partial charge in [-0.25, -0.2) is 13.1 Å². The molecule has 22 heavy (non-hydrogen) atoms. The molecule has 0 aromatic heterocycles. The first-order valence-corrected chi connectivity index (χ1v) is 7.87. The number of amides is 2. The molecule has 0 radical (unpaired) electrons. The standard InChI is InChI=1S/C15H14N2O4S/c1-16-14(18)12-7-9-13(10-8-12)22(20,21)17-15(19)11-5-3-2-4-6-11/h2-10H,1H3,(H,16,18)(H,17,19). The molecule has 114 valence electrons. The van der Waals surface area contributed by atoms with Crippen molar-refractivity contribution in [3.05, 3.63) is 65.7 Å². The fraction of sp³-hybridized carbons (Fsp3) is 0.0667. The Hall–Kier alpha value is -2.67. The fourth-order valence-corrected chi connectivity index (χ4v) is 2.73. The molecular formula is C15H14N2O4S. The predicted molar refractivity (Wildman–Crippen MR) is 80.9 cm³/mol. The molecule has 2 aromatic rings. The van der Waals surface area contributed by atoms with Crippen LogP contribution in [0, 0.1) is 0 Å². The van der Waals surface area contributed by atoms with Gasteiger partial charge in [-0.2, -0.15) is 0 Å². The molecule has 0 heterocycles. The van der Waals surface area contributed by atoms with Gasteiger partial charge in [0.05, 0.1) is 4.90 Å². The smallest absolute Gasteiger partial charge is 0.264 e. The molecule has 7 heteroatoms. The molecule has 0 aliphatic heterocycles. The Morgan fingerprint density at radius 2 is 1.36 bits per heavy atom. The zero-order valence-electron chi connectivity index (χ0n) is 11.7. The summed E-state index contributed by atoms with van der Waals surface area (Å²) in [5.41, 5.74) is 0.573. The number of hydrogen-bond donors (Lipinski definition) is 2. The number of hydrogen-bond acceptors (Lipinski definition) is 4. The molecule has 6 nitrogen and oxygen atoms in total. The van der Waals surface area contributed by atoms with Crippen molar-refractivity contribution in [2.45, 2.75) is 4.90 Å². The zero-order chi connectivity index (χ0) is 16.2. The van der Waals surface area contributed by atoms with E-state index in [4.69, 9.17) is 0 Å². The summed E-state index contributed by atoms with van der Waals surface area (Å²) in [5.74, 6) is -1.03. The van der Waals surface area contributed by atoms with Crippen LogP contribution >= 0.6 is 0 Å². The first-order chi connectivity index (χ1) is 10.4. The van der Waals surface area contributed by atoms with Gasteiger partial charge in [0.15, 0.2) is 0 Å². The lowest BCUT2D eigenvalue weighted by molar-refractivity contribution is 0.0959. The van der Waals surface area contributed by atoms with Crippen molar-refractivity contribution in [1.82, 2.24) is 10.0 Å². The minimum Gasteiger partial charge on any atom is -0.355 e. The fourth-order valence-electron chi connectivity index (χ4n) is 1.76. The second-order valence-corrected chi connectivity index (χ2v) is 6.09. The van der Waals surface area contributed by atoms with Crippen molar-refractivity contribution in [2.75, 3.05) is 7.05 Å². The molecule has 2 amide bonds. The Kier molecular flexibility index (Phi) is 4.57. The molecule has 0 saturated carbocycles. The molecular weight excluding hydrogens is 304 g/mol. The Balaban J connectivity index is 2.20. The number of carbonyl (C=O) groups is 2. The normalized spacial score (nSPS) is 10.8. The molecule has 0 aliphatic carbocycles. The van der Waals surface area contributed by atoms with Gasteiger partial charge >= 0.3 is 0 Å². The van der Waals surface area contributed by atoms with Crippen molar-refractivity contribution in [2.24, 2.45) is 0 Å². The third-order valence-corrected chi connectivity index (χ3v) is 4.26. The van der Waals surface area contributed by atoms with E-state index in [1.54, 1.807) is 18.2 Å². The van der Waals surface area contributed by atoms with Crippen LogP contribution in [0.1, 0.15) is 20.7 Å². The van der Waals surface area contributed by atoms with Gasteiger partial charge in [-0.1, -0.05) is 18.2 Å².